The standard InChI is InChI=1S/C15H11BN/c1-2-8-14-12(5-1)6-3-9-15(14)17-11-13-7-4-10-16-13/h1-11H. The molecule has 0 amide bonds. The van der Waals surface area contributed by atoms with E-state index in [0.717, 1.165) is 11.2 Å². The molecule has 0 aromatic heterocycles. The molecule has 0 spiro atoms. The van der Waals surface area contributed by atoms with Gasteiger partial charge in [0.25, 0.3) is 0 Å². The lowest BCUT2D eigenvalue weighted by atomic mass is 9.74. The number of aliphatic imine (C=N–C) groups is 1. The number of hydrogen-bond donors (Lipinski definition) is 0. The van der Waals surface area contributed by atoms with Crippen LogP contribution in [0.3, 0.4) is 0 Å². The number of rotatable bonds is 2. The lowest BCUT2D eigenvalue weighted by Crippen LogP contribution is -1.89. The summed E-state index contributed by atoms with van der Waals surface area (Å²) in [4.78, 5) is 4.55. The van der Waals surface area contributed by atoms with E-state index in [2.05, 4.69) is 36.5 Å². The fraction of sp³-hybridized carbons (Fsp3) is 0. The van der Waals surface area contributed by atoms with Crippen LogP contribution in [0.4, 0.5) is 5.69 Å². The van der Waals surface area contributed by atoms with Gasteiger partial charge in [-0.15, -0.1) is 5.98 Å². The van der Waals surface area contributed by atoms with Gasteiger partial charge in [-0.25, -0.2) is 0 Å². The summed E-state index contributed by atoms with van der Waals surface area (Å²) in [6.45, 7) is 0. The van der Waals surface area contributed by atoms with E-state index in [9.17, 15) is 0 Å². The third-order valence-electron chi connectivity index (χ3n) is 2.81. The molecule has 3 rings (SSSR count). The van der Waals surface area contributed by atoms with Crippen molar-refractivity contribution in [2.24, 2.45) is 4.99 Å². The van der Waals surface area contributed by atoms with Gasteiger partial charge < -0.3 is 0 Å². The molecule has 0 bridgehead atoms. The van der Waals surface area contributed by atoms with Crippen molar-refractivity contribution in [3.05, 3.63) is 66.1 Å². The minimum Gasteiger partial charge on any atom is -0.257 e. The molecule has 0 fully saturated rings. The number of allylic oxidation sites excluding steroid dienone is 3. The summed E-state index contributed by atoms with van der Waals surface area (Å²) in [5.41, 5.74) is 2.15. The molecular formula is C15H11BN. The second-order valence-electron chi connectivity index (χ2n) is 3.97. The first-order valence-corrected chi connectivity index (χ1v) is 5.67. The first kappa shape index (κ1) is 10.1. The van der Waals surface area contributed by atoms with Gasteiger partial charge in [-0.05, 0) is 11.5 Å². The second kappa shape index (κ2) is 4.42. The highest BCUT2D eigenvalue weighted by Gasteiger charge is 1.99. The van der Waals surface area contributed by atoms with Crippen LogP contribution < -0.4 is 0 Å². The van der Waals surface area contributed by atoms with Crippen LogP contribution in [0.15, 0.2) is 71.1 Å². The molecule has 0 saturated heterocycles. The van der Waals surface area contributed by atoms with Gasteiger partial charge in [0.05, 0.1) is 5.69 Å². The first-order chi connectivity index (χ1) is 8.43. The van der Waals surface area contributed by atoms with Crippen LogP contribution in [0.25, 0.3) is 10.8 Å². The maximum Gasteiger partial charge on any atom is 0.183 e. The highest BCUT2D eigenvalue weighted by molar-refractivity contribution is 6.58. The van der Waals surface area contributed by atoms with E-state index < -0.39 is 0 Å². The molecule has 1 aliphatic rings. The molecule has 1 heterocycles. The molecular weight excluding hydrogens is 205 g/mol. The SMILES string of the molecule is [B]1C=CC=C1C=Nc1cccc2ccccc12. The Morgan fingerprint density at radius 1 is 1.00 bits per heavy atom. The number of benzene rings is 2. The maximum atomic E-state index is 4.55. The normalized spacial score (nSPS) is 14.2. The van der Waals surface area contributed by atoms with Crippen molar-refractivity contribution < 1.29 is 0 Å². The van der Waals surface area contributed by atoms with Gasteiger partial charge in [0.2, 0.25) is 0 Å². The van der Waals surface area contributed by atoms with Gasteiger partial charge in [0.1, 0.15) is 0 Å². The Morgan fingerprint density at radius 3 is 2.76 bits per heavy atom. The molecule has 1 aliphatic heterocycles. The lowest BCUT2D eigenvalue weighted by molar-refractivity contribution is 1.58. The Hall–Kier alpha value is -2.09. The molecule has 1 radical (unpaired) electrons. The molecule has 0 N–H and O–H groups in total. The summed E-state index contributed by atoms with van der Waals surface area (Å²) in [6.07, 6.45) is 5.97. The zero-order valence-electron chi connectivity index (χ0n) is 9.38. The minimum absolute atomic E-state index is 1.02. The molecule has 79 valence electrons. The molecule has 2 aromatic carbocycles. The van der Waals surface area contributed by atoms with Crippen molar-refractivity contribution >= 4 is 30.0 Å². The maximum absolute atomic E-state index is 4.55. The average Bonchev–Trinajstić information content (AvgIpc) is 2.89. The Labute approximate surface area is 101 Å². The van der Waals surface area contributed by atoms with Gasteiger partial charge in [-0.1, -0.05) is 54.0 Å². The molecule has 17 heavy (non-hydrogen) atoms. The van der Waals surface area contributed by atoms with E-state index in [4.69, 9.17) is 0 Å². The van der Waals surface area contributed by atoms with Crippen molar-refractivity contribution in [3.63, 3.8) is 0 Å². The van der Waals surface area contributed by atoms with Gasteiger partial charge in [-0.3, -0.25) is 4.99 Å². The van der Waals surface area contributed by atoms with Crippen LogP contribution in [0.2, 0.25) is 0 Å². The Morgan fingerprint density at radius 2 is 1.88 bits per heavy atom. The van der Waals surface area contributed by atoms with E-state index in [0.29, 0.717) is 0 Å². The third-order valence-corrected chi connectivity index (χ3v) is 2.81. The summed E-state index contributed by atoms with van der Waals surface area (Å²) in [6, 6.07) is 14.5. The molecule has 2 heteroatoms. The van der Waals surface area contributed by atoms with Crippen molar-refractivity contribution in [2.45, 2.75) is 0 Å². The Bertz CT molecular complexity index is 633. The molecule has 0 unspecified atom stereocenters. The van der Waals surface area contributed by atoms with Crippen LogP contribution in [0.5, 0.6) is 0 Å². The monoisotopic (exact) mass is 216 g/mol. The van der Waals surface area contributed by atoms with Crippen molar-refractivity contribution in [1.29, 1.82) is 0 Å². The van der Waals surface area contributed by atoms with E-state index in [-0.39, 0.29) is 0 Å². The highest BCUT2D eigenvalue weighted by atomic mass is 14.7. The van der Waals surface area contributed by atoms with Crippen LogP contribution in [0, 0.1) is 0 Å². The summed E-state index contributed by atoms with van der Waals surface area (Å²) < 4.78 is 0. The van der Waals surface area contributed by atoms with Crippen molar-refractivity contribution in [3.8, 4) is 0 Å². The fourth-order valence-electron chi connectivity index (χ4n) is 1.94. The average molecular weight is 216 g/mol. The topological polar surface area (TPSA) is 12.4 Å². The lowest BCUT2D eigenvalue weighted by Gasteiger charge is -2.01. The van der Waals surface area contributed by atoms with E-state index in [1.54, 1.807) is 0 Å². The van der Waals surface area contributed by atoms with Gasteiger partial charge in [0.15, 0.2) is 7.28 Å². The summed E-state index contributed by atoms with van der Waals surface area (Å²) >= 11 is 0. The predicted molar refractivity (Wildman–Crippen MR) is 75.1 cm³/mol. The highest BCUT2D eigenvalue weighted by Crippen LogP contribution is 2.25. The zero-order chi connectivity index (χ0) is 11.5. The molecule has 0 atom stereocenters. The van der Waals surface area contributed by atoms with Gasteiger partial charge in [0, 0.05) is 11.6 Å². The number of nitrogens with zero attached hydrogens (tertiary/aromatic N) is 1. The molecule has 1 nitrogen and oxygen atoms in total. The smallest absolute Gasteiger partial charge is 0.183 e. The van der Waals surface area contributed by atoms with Crippen LogP contribution >= 0.6 is 0 Å². The summed E-state index contributed by atoms with van der Waals surface area (Å²) in [5.74, 6) is 2.02. The minimum atomic E-state index is 1.02. The van der Waals surface area contributed by atoms with Crippen molar-refractivity contribution in [1.82, 2.24) is 0 Å². The number of fused-ring (bicyclic) bond motifs is 1. The van der Waals surface area contributed by atoms with Crippen LogP contribution in [-0.2, 0) is 0 Å². The quantitative estimate of drug-likeness (QED) is 0.536. The molecule has 0 saturated carbocycles. The summed E-state index contributed by atoms with van der Waals surface area (Å²) in [7, 11) is 2.05. The predicted octanol–water partition coefficient (Wildman–Crippen LogP) is 3.66. The summed E-state index contributed by atoms with van der Waals surface area (Å²) in [5, 5.41) is 2.42. The largest absolute Gasteiger partial charge is 0.257 e. The van der Waals surface area contributed by atoms with Crippen LogP contribution in [-0.4, -0.2) is 13.5 Å². The van der Waals surface area contributed by atoms with Crippen molar-refractivity contribution in [2.75, 3.05) is 0 Å². The Balaban J connectivity index is 2.00. The second-order valence-corrected chi connectivity index (χ2v) is 3.97. The van der Waals surface area contributed by atoms with E-state index in [1.165, 1.54) is 10.8 Å². The zero-order valence-corrected chi connectivity index (χ0v) is 9.38. The fourth-order valence-corrected chi connectivity index (χ4v) is 1.94. The Kier molecular flexibility index (Phi) is 2.62. The third kappa shape index (κ3) is 2.07. The van der Waals surface area contributed by atoms with E-state index in [1.807, 2.05) is 42.5 Å². The first-order valence-electron chi connectivity index (χ1n) is 5.67. The van der Waals surface area contributed by atoms with Crippen LogP contribution in [0.1, 0.15) is 0 Å². The van der Waals surface area contributed by atoms with Gasteiger partial charge in [-0.2, -0.15) is 0 Å². The number of hydrogen-bond acceptors (Lipinski definition) is 1. The van der Waals surface area contributed by atoms with Gasteiger partial charge >= 0.3 is 0 Å². The molecule has 0 aliphatic carbocycles. The van der Waals surface area contributed by atoms with E-state index >= 15 is 0 Å². The molecule has 2 aromatic rings.